The van der Waals surface area contributed by atoms with Gasteiger partial charge in [0.25, 0.3) is 0 Å². The Labute approximate surface area is 104 Å². The zero-order valence-corrected chi connectivity index (χ0v) is 10.8. The van der Waals surface area contributed by atoms with Gasteiger partial charge in [0.05, 0.1) is 0 Å². The number of piperazine rings is 1. The van der Waals surface area contributed by atoms with E-state index in [1.165, 1.54) is 11.1 Å². The second-order valence-corrected chi connectivity index (χ2v) is 5.04. The molecule has 0 aromatic heterocycles. The Morgan fingerprint density at radius 1 is 1.47 bits per heavy atom. The van der Waals surface area contributed by atoms with Crippen molar-refractivity contribution in [3.05, 3.63) is 35.4 Å². The molecular formula is C14H23N3. The van der Waals surface area contributed by atoms with Gasteiger partial charge in [0.15, 0.2) is 0 Å². The van der Waals surface area contributed by atoms with Gasteiger partial charge in [0.2, 0.25) is 0 Å². The van der Waals surface area contributed by atoms with Crippen molar-refractivity contribution in [1.29, 1.82) is 0 Å². The molecule has 3 N–H and O–H groups in total. The van der Waals surface area contributed by atoms with E-state index in [1.807, 2.05) is 0 Å². The molecule has 0 bridgehead atoms. The smallest absolute Gasteiger partial charge is 0.0312 e. The van der Waals surface area contributed by atoms with Crippen molar-refractivity contribution in [3.8, 4) is 0 Å². The monoisotopic (exact) mass is 233 g/mol. The molecule has 17 heavy (non-hydrogen) atoms. The molecule has 0 spiro atoms. The van der Waals surface area contributed by atoms with Crippen LogP contribution in [0, 0.1) is 6.92 Å². The van der Waals surface area contributed by atoms with Gasteiger partial charge in [-0.2, -0.15) is 0 Å². The van der Waals surface area contributed by atoms with Crippen LogP contribution < -0.4 is 11.1 Å². The summed E-state index contributed by atoms with van der Waals surface area (Å²) in [6.45, 7) is 5.39. The maximum Gasteiger partial charge on any atom is 0.0312 e. The van der Waals surface area contributed by atoms with Crippen LogP contribution in [0.5, 0.6) is 0 Å². The van der Waals surface area contributed by atoms with Crippen LogP contribution in [0.3, 0.4) is 0 Å². The number of nitrogens with one attached hydrogen (secondary N) is 1. The summed E-state index contributed by atoms with van der Waals surface area (Å²) in [5.41, 5.74) is 8.92. The molecule has 1 heterocycles. The highest BCUT2D eigenvalue weighted by Crippen LogP contribution is 2.21. The van der Waals surface area contributed by atoms with Crippen molar-refractivity contribution in [2.75, 3.05) is 26.7 Å². The first-order chi connectivity index (χ1) is 8.18. The van der Waals surface area contributed by atoms with Crippen LogP contribution in [0.2, 0.25) is 0 Å². The normalized spacial score (nSPS) is 23.6. The van der Waals surface area contributed by atoms with Gasteiger partial charge in [-0.1, -0.05) is 24.3 Å². The molecule has 2 atom stereocenters. The standard InChI is InChI=1S/C14H23N3/c1-11-5-3-4-6-13(11)14(15)9-12-10-16-7-8-17(12)2/h3-6,12,14,16H,7-10,15H2,1-2H3. The number of rotatable bonds is 3. The molecule has 3 heteroatoms. The molecular weight excluding hydrogens is 210 g/mol. The van der Waals surface area contributed by atoms with E-state index in [2.05, 4.69) is 48.5 Å². The Balaban J connectivity index is 2.01. The van der Waals surface area contributed by atoms with Crippen LogP contribution in [0.25, 0.3) is 0 Å². The van der Waals surface area contributed by atoms with Crippen LogP contribution >= 0.6 is 0 Å². The quantitative estimate of drug-likeness (QED) is 0.826. The van der Waals surface area contributed by atoms with Gasteiger partial charge in [-0.05, 0) is 31.5 Å². The fourth-order valence-electron chi connectivity index (χ4n) is 2.55. The number of hydrogen-bond acceptors (Lipinski definition) is 3. The lowest BCUT2D eigenvalue weighted by Gasteiger charge is -2.34. The van der Waals surface area contributed by atoms with Gasteiger partial charge < -0.3 is 16.0 Å². The third kappa shape index (κ3) is 3.06. The molecule has 1 saturated heterocycles. The molecule has 1 aliphatic rings. The number of aryl methyl sites for hydroxylation is 1. The summed E-state index contributed by atoms with van der Waals surface area (Å²) < 4.78 is 0. The zero-order chi connectivity index (χ0) is 12.3. The number of benzene rings is 1. The van der Waals surface area contributed by atoms with Crippen molar-refractivity contribution >= 4 is 0 Å². The zero-order valence-electron chi connectivity index (χ0n) is 10.8. The van der Waals surface area contributed by atoms with E-state index < -0.39 is 0 Å². The minimum atomic E-state index is 0.142. The summed E-state index contributed by atoms with van der Waals surface area (Å²) in [4.78, 5) is 2.41. The number of hydrogen-bond donors (Lipinski definition) is 2. The molecule has 0 aliphatic carbocycles. The fraction of sp³-hybridized carbons (Fsp3) is 0.571. The highest BCUT2D eigenvalue weighted by molar-refractivity contribution is 5.28. The maximum atomic E-state index is 6.33. The first kappa shape index (κ1) is 12.6. The van der Waals surface area contributed by atoms with Crippen LogP contribution in [0.1, 0.15) is 23.6 Å². The van der Waals surface area contributed by atoms with E-state index in [0.29, 0.717) is 6.04 Å². The molecule has 0 saturated carbocycles. The summed E-state index contributed by atoms with van der Waals surface area (Å²) in [5, 5.41) is 3.44. The second-order valence-electron chi connectivity index (χ2n) is 5.04. The SMILES string of the molecule is Cc1ccccc1C(N)CC1CNCCN1C. The average Bonchev–Trinajstić information content (AvgIpc) is 2.32. The van der Waals surface area contributed by atoms with E-state index in [4.69, 9.17) is 5.73 Å². The highest BCUT2D eigenvalue weighted by atomic mass is 15.2. The van der Waals surface area contributed by atoms with Crippen molar-refractivity contribution < 1.29 is 0 Å². The van der Waals surface area contributed by atoms with Crippen LogP contribution in [-0.2, 0) is 0 Å². The van der Waals surface area contributed by atoms with Crippen LogP contribution in [-0.4, -0.2) is 37.6 Å². The van der Waals surface area contributed by atoms with Gasteiger partial charge in [0.1, 0.15) is 0 Å². The molecule has 0 amide bonds. The lowest BCUT2D eigenvalue weighted by atomic mass is 9.95. The predicted molar refractivity (Wildman–Crippen MR) is 72.0 cm³/mol. The van der Waals surface area contributed by atoms with Crippen molar-refractivity contribution in [3.63, 3.8) is 0 Å². The van der Waals surface area contributed by atoms with Crippen molar-refractivity contribution in [2.24, 2.45) is 5.73 Å². The molecule has 1 aromatic rings. The van der Waals surface area contributed by atoms with Gasteiger partial charge in [0, 0.05) is 31.7 Å². The largest absolute Gasteiger partial charge is 0.324 e. The van der Waals surface area contributed by atoms with E-state index >= 15 is 0 Å². The van der Waals surface area contributed by atoms with Gasteiger partial charge >= 0.3 is 0 Å². The van der Waals surface area contributed by atoms with Gasteiger partial charge in [-0.3, -0.25) is 0 Å². The Bertz CT molecular complexity index is 364. The van der Waals surface area contributed by atoms with E-state index in [0.717, 1.165) is 26.1 Å². The molecule has 1 aromatic carbocycles. The Morgan fingerprint density at radius 2 is 2.24 bits per heavy atom. The minimum absolute atomic E-state index is 0.142. The molecule has 1 fully saturated rings. The number of likely N-dealkylation sites (N-methyl/N-ethyl adjacent to an activating group) is 1. The summed E-state index contributed by atoms with van der Waals surface area (Å²) in [6, 6.07) is 9.13. The summed E-state index contributed by atoms with van der Waals surface area (Å²) in [7, 11) is 2.19. The Hall–Kier alpha value is -0.900. The molecule has 1 aliphatic heterocycles. The fourth-order valence-corrected chi connectivity index (χ4v) is 2.55. The molecule has 94 valence electrons. The lowest BCUT2D eigenvalue weighted by molar-refractivity contribution is 0.182. The molecule has 0 radical (unpaired) electrons. The summed E-state index contributed by atoms with van der Waals surface area (Å²) >= 11 is 0. The van der Waals surface area contributed by atoms with Crippen LogP contribution in [0.15, 0.2) is 24.3 Å². The Morgan fingerprint density at radius 3 is 2.94 bits per heavy atom. The summed E-state index contributed by atoms with van der Waals surface area (Å²) in [6.07, 6.45) is 1.02. The summed E-state index contributed by atoms with van der Waals surface area (Å²) in [5.74, 6) is 0. The second kappa shape index (κ2) is 5.63. The van der Waals surface area contributed by atoms with E-state index in [9.17, 15) is 0 Å². The van der Waals surface area contributed by atoms with Gasteiger partial charge in [-0.15, -0.1) is 0 Å². The van der Waals surface area contributed by atoms with E-state index in [1.54, 1.807) is 0 Å². The third-order valence-corrected chi connectivity index (χ3v) is 3.76. The van der Waals surface area contributed by atoms with E-state index in [-0.39, 0.29) is 6.04 Å². The van der Waals surface area contributed by atoms with Crippen molar-refractivity contribution in [2.45, 2.75) is 25.4 Å². The third-order valence-electron chi connectivity index (χ3n) is 3.76. The molecule has 2 unspecified atom stereocenters. The predicted octanol–water partition coefficient (Wildman–Crippen LogP) is 1.29. The first-order valence-electron chi connectivity index (χ1n) is 6.40. The first-order valence-corrected chi connectivity index (χ1v) is 6.40. The topological polar surface area (TPSA) is 41.3 Å². The average molecular weight is 233 g/mol. The highest BCUT2D eigenvalue weighted by Gasteiger charge is 2.22. The molecule has 3 nitrogen and oxygen atoms in total. The number of nitrogens with zero attached hydrogens (tertiary/aromatic N) is 1. The minimum Gasteiger partial charge on any atom is -0.324 e. The lowest BCUT2D eigenvalue weighted by Crippen LogP contribution is -2.50. The van der Waals surface area contributed by atoms with Gasteiger partial charge in [-0.25, -0.2) is 0 Å². The molecule has 2 rings (SSSR count). The van der Waals surface area contributed by atoms with Crippen molar-refractivity contribution in [1.82, 2.24) is 10.2 Å². The Kier molecular flexibility index (Phi) is 4.15. The van der Waals surface area contributed by atoms with Crippen LogP contribution in [0.4, 0.5) is 0 Å². The maximum absolute atomic E-state index is 6.33. The number of nitrogens with two attached hydrogens (primary N) is 1.